The van der Waals surface area contributed by atoms with E-state index in [0.29, 0.717) is 18.1 Å². The zero-order valence-electron chi connectivity index (χ0n) is 14.3. The number of benzene rings is 3. The van der Waals surface area contributed by atoms with Gasteiger partial charge in [0.05, 0.1) is 13.3 Å². The van der Waals surface area contributed by atoms with Crippen LogP contribution in [0.2, 0.25) is 0 Å². The molecule has 5 nitrogen and oxygen atoms in total. The van der Waals surface area contributed by atoms with Gasteiger partial charge in [0.15, 0.2) is 16.6 Å². The second-order valence-corrected chi connectivity index (χ2v) is 6.01. The average molecular weight is 365 g/mol. The maximum Gasteiger partial charge on any atom is 0.184 e. The summed E-state index contributed by atoms with van der Waals surface area (Å²) in [5, 5.41) is 6.43. The maximum atomic E-state index is 6.03. The quantitative estimate of drug-likeness (QED) is 0.397. The van der Waals surface area contributed by atoms with Crippen LogP contribution in [0.4, 0.5) is 0 Å². The van der Waals surface area contributed by atoms with E-state index in [4.69, 9.17) is 27.4 Å². The first-order valence-electron chi connectivity index (χ1n) is 8.03. The number of rotatable bonds is 6. The van der Waals surface area contributed by atoms with Crippen molar-refractivity contribution in [3.63, 3.8) is 0 Å². The Morgan fingerprint density at radius 2 is 1.92 bits per heavy atom. The lowest BCUT2D eigenvalue weighted by Crippen LogP contribution is -2.23. The maximum absolute atomic E-state index is 6.03. The second kappa shape index (κ2) is 8.31. The number of nitrogens with two attached hydrogens (primary N) is 1. The minimum atomic E-state index is 0.113. The summed E-state index contributed by atoms with van der Waals surface area (Å²) in [6.45, 7) is 0.434. The molecular weight excluding hydrogens is 346 g/mol. The molecule has 0 radical (unpaired) electrons. The van der Waals surface area contributed by atoms with Crippen molar-refractivity contribution in [1.29, 1.82) is 0 Å². The van der Waals surface area contributed by atoms with Crippen molar-refractivity contribution in [1.82, 2.24) is 5.43 Å². The SMILES string of the molecule is COc1ccc(/C=N\NC(N)=S)cc1OCc1cccc2ccccc12. The molecule has 0 heterocycles. The minimum Gasteiger partial charge on any atom is -0.493 e. The summed E-state index contributed by atoms with van der Waals surface area (Å²) in [7, 11) is 1.61. The largest absolute Gasteiger partial charge is 0.493 e. The van der Waals surface area contributed by atoms with Crippen molar-refractivity contribution >= 4 is 34.3 Å². The van der Waals surface area contributed by atoms with E-state index in [1.807, 2.05) is 36.4 Å². The van der Waals surface area contributed by atoms with Gasteiger partial charge in [0.25, 0.3) is 0 Å². The van der Waals surface area contributed by atoms with E-state index in [9.17, 15) is 0 Å². The third kappa shape index (κ3) is 4.29. The van der Waals surface area contributed by atoms with Gasteiger partial charge < -0.3 is 15.2 Å². The number of ether oxygens (including phenoxy) is 2. The molecule has 0 fully saturated rings. The van der Waals surface area contributed by atoms with Crippen LogP contribution in [-0.2, 0) is 6.61 Å². The van der Waals surface area contributed by atoms with Crippen LogP contribution >= 0.6 is 12.2 Å². The Labute approximate surface area is 157 Å². The molecule has 0 aliphatic rings. The van der Waals surface area contributed by atoms with E-state index in [0.717, 1.165) is 11.1 Å². The molecular formula is C20H19N3O2S. The normalized spacial score (nSPS) is 10.8. The first kappa shape index (κ1) is 17.7. The molecule has 3 rings (SSSR count). The number of hydrogen-bond donors (Lipinski definition) is 2. The van der Waals surface area contributed by atoms with E-state index in [1.54, 1.807) is 13.3 Å². The highest BCUT2D eigenvalue weighted by Gasteiger charge is 2.07. The first-order valence-corrected chi connectivity index (χ1v) is 8.44. The van der Waals surface area contributed by atoms with E-state index >= 15 is 0 Å². The van der Waals surface area contributed by atoms with Gasteiger partial charge in [-0.05, 0) is 52.3 Å². The monoisotopic (exact) mass is 365 g/mol. The molecule has 0 bridgehead atoms. The zero-order chi connectivity index (χ0) is 18.4. The third-order valence-corrected chi connectivity index (χ3v) is 3.93. The van der Waals surface area contributed by atoms with Gasteiger partial charge in [-0.1, -0.05) is 42.5 Å². The number of methoxy groups -OCH3 is 1. The number of nitrogens with zero attached hydrogens (tertiary/aromatic N) is 1. The second-order valence-electron chi connectivity index (χ2n) is 5.57. The van der Waals surface area contributed by atoms with Crippen LogP contribution in [0.25, 0.3) is 10.8 Å². The van der Waals surface area contributed by atoms with E-state index in [2.05, 4.69) is 34.8 Å². The molecule has 0 unspecified atom stereocenters. The Morgan fingerprint density at radius 1 is 1.12 bits per heavy atom. The molecule has 3 aromatic carbocycles. The predicted octanol–water partition coefficient (Wildman–Crippen LogP) is 3.59. The molecule has 26 heavy (non-hydrogen) atoms. The van der Waals surface area contributed by atoms with Crippen molar-refractivity contribution in [2.24, 2.45) is 10.8 Å². The van der Waals surface area contributed by atoms with Crippen molar-refractivity contribution in [3.05, 3.63) is 71.8 Å². The van der Waals surface area contributed by atoms with Crippen molar-refractivity contribution < 1.29 is 9.47 Å². The summed E-state index contributed by atoms with van der Waals surface area (Å²) in [6, 6.07) is 20.0. The van der Waals surface area contributed by atoms with Crippen molar-refractivity contribution in [2.45, 2.75) is 6.61 Å². The van der Waals surface area contributed by atoms with Crippen LogP contribution < -0.4 is 20.6 Å². The molecule has 0 saturated heterocycles. The van der Waals surface area contributed by atoms with Crippen molar-refractivity contribution in [3.8, 4) is 11.5 Å². The van der Waals surface area contributed by atoms with Gasteiger partial charge in [0.1, 0.15) is 6.61 Å². The summed E-state index contributed by atoms with van der Waals surface area (Å²) < 4.78 is 11.4. The van der Waals surface area contributed by atoms with Crippen LogP contribution in [0.5, 0.6) is 11.5 Å². The molecule has 0 aliphatic carbocycles. The number of thiocarbonyl (C=S) groups is 1. The molecule has 3 N–H and O–H groups in total. The Morgan fingerprint density at radius 3 is 2.73 bits per heavy atom. The average Bonchev–Trinajstić information content (AvgIpc) is 2.66. The summed E-state index contributed by atoms with van der Waals surface area (Å²) in [5.41, 5.74) is 9.82. The van der Waals surface area contributed by atoms with Gasteiger partial charge in [-0.15, -0.1) is 0 Å². The molecule has 3 aromatic rings. The minimum absolute atomic E-state index is 0.113. The zero-order valence-corrected chi connectivity index (χ0v) is 15.1. The molecule has 0 aromatic heterocycles. The molecule has 0 aliphatic heterocycles. The smallest absolute Gasteiger partial charge is 0.184 e. The van der Waals surface area contributed by atoms with E-state index < -0.39 is 0 Å². The number of fused-ring (bicyclic) bond motifs is 1. The van der Waals surface area contributed by atoms with Crippen molar-refractivity contribution in [2.75, 3.05) is 7.11 Å². The highest BCUT2D eigenvalue weighted by molar-refractivity contribution is 7.80. The van der Waals surface area contributed by atoms with Gasteiger partial charge >= 0.3 is 0 Å². The molecule has 0 amide bonds. The standard InChI is InChI=1S/C20H19N3O2S/c1-24-18-10-9-14(12-22-23-20(21)26)11-19(18)25-13-16-7-4-6-15-5-2-3-8-17(15)16/h2-12H,13H2,1H3,(H3,21,23,26)/b22-12-. The van der Waals surface area contributed by atoms with E-state index in [1.165, 1.54) is 10.8 Å². The predicted molar refractivity (Wildman–Crippen MR) is 109 cm³/mol. The molecule has 132 valence electrons. The number of nitrogens with one attached hydrogen (secondary N) is 1. The highest BCUT2D eigenvalue weighted by Crippen LogP contribution is 2.29. The van der Waals surface area contributed by atoms with Gasteiger partial charge in [0, 0.05) is 0 Å². The van der Waals surface area contributed by atoms with Gasteiger partial charge in [0.2, 0.25) is 0 Å². The summed E-state index contributed by atoms with van der Waals surface area (Å²) in [6.07, 6.45) is 1.61. The Bertz CT molecular complexity index is 951. The fraction of sp³-hybridized carbons (Fsp3) is 0.100. The Kier molecular flexibility index (Phi) is 5.66. The lowest BCUT2D eigenvalue weighted by molar-refractivity contribution is 0.285. The van der Waals surface area contributed by atoms with Crippen LogP contribution in [0.3, 0.4) is 0 Å². The van der Waals surface area contributed by atoms with Crippen LogP contribution in [0, 0.1) is 0 Å². The Hall–Kier alpha value is -3.12. The summed E-state index contributed by atoms with van der Waals surface area (Å²) >= 11 is 4.72. The summed E-state index contributed by atoms with van der Waals surface area (Å²) in [5.74, 6) is 1.30. The number of hydrogen-bond acceptors (Lipinski definition) is 4. The molecule has 6 heteroatoms. The van der Waals surface area contributed by atoms with Crippen LogP contribution in [-0.4, -0.2) is 18.4 Å². The summed E-state index contributed by atoms with van der Waals surface area (Å²) in [4.78, 5) is 0. The lowest BCUT2D eigenvalue weighted by Gasteiger charge is -2.13. The highest BCUT2D eigenvalue weighted by atomic mass is 32.1. The first-order chi connectivity index (χ1) is 12.7. The van der Waals surface area contributed by atoms with Crippen LogP contribution in [0.15, 0.2) is 65.8 Å². The fourth-order valence-corrected chi connectivity index (χ4v) is 2.68. The molecule has 0 saturated carbocycles. The Balaban J connectivity index is 1.81. The van der Waals surface area contributed by atoms with Gasteiger partial charge in [-0.25, -0.2) is 0 Å². The van der Waals surface area contributed by atoms with Gasteiger partial charge in [-0.2, -0.15) is 5.10 Å². The topological polar surface area (TPSA) is 68.9 Å². The molecule has 0 atom stereocenters. The molecule has 0 spiro atoms. The van der Waals surface area contributed by atoms with Gasteiger partial charge in [-0.3, -0.25) is 5.43 Å². The fourth-order valence-electron chi connectivity index (χ4n) is 2.63. The van der Waals surface area contributed by atoms with Crippen LogP contribution in [0.1, 0.15) is 11.1 Å². The lowest BCUT2D eigenvalue weighted by atomic mass is 10.1. The third-order valence-electron chi connectivity index (χ3n) is 3.84. The van der Waals surface area contributed by atoms with E-state index in [-0.39, 0.29) is 5.11 Å². The number of hydrazone groups is 1.